The molecule has 3 heterocycles. The normalized spacial score (nSPS) is 12.1. The van der Waals surface area contributed by atoms with Crippen molar-refractivity contribution >= 4 is 32.7 Å². The summed E-state index contributed by atoms with van der Waals surface area (Å²) in [5.74, 6) is 0.118. The van der Waals surface area contributed by atoms with Crippen LogP contribution in [0, 0.1) is 6.92 Å². The number of nitrogens with one attached hydrogen (secondary N) is 1. The van der Waals surface area contributed by atoms with Crippen molar-refractivity contribution in [1.82, 2.24) is 19.1 Å². The van der Waals surface area contributed by atoms with Gasteiger partial charge < -0.3 is 9.73 Å². The Morgan fingerprint density at radius 2 is 1.94 bits per heavy atom. The van der Waals surface area contributed by atoms with Crippen LogP contribution in [0.15, 0.2) is 58.2 Å². The average Bonchev–Trinajstić information content (AvgIpc) is 3.44. The van der Waals surface area contributed by atoms with Gasteiger partial charge in [-0.1, -0.05) is 6.07 Å². The van der Waals surface area contributed by atoms with Crippen LogP contribution in [0.4, 0.5) is 5.69 Å². The Kier molecular flexibility index (Phi) is 5.81. The highest BCUT2D eigenvalue weighted by molar-refractivity contribution is 7.89. The Morgan fingerprint density at radius 3 is 2.58 bits per heavy atom. The van der Waals surface area contributed by atoms with Gasteiger partial charge in [0.05, 0.1) is 28.3 Å². The fourth-order valence-electron chi connectivity index (χ4n) is 3.49. The van der Waals surface area contributed by atoms with Crippen LogP contribution in [0.3, 0.4) is 0 Å². The minimum atomic E-state index is -3.66. The minimum absolute atomic E-state index is 0.0358. The summed E-state index contributed by atoms with van der Waals surface area (Å²) >= 11 is 0. The third-order valence-corrected chi connectivity index (χ3v) is 7.24. The van der Waals surface area contributed by atoms with Crippen LogP contribution in [0.2, 0.25) is 0 Å². The van der Waals surface area contributed by atoms with Crippen molar-refractivity contribution in [2.75, 3.05) is 19.4 Å². The number of carbonyl (C=O) groups is 1. The van der Waals surface area contributed by atoms with E-state index >= 15 is 0 Å². The summed E-state index contributed by atoms with van der Waals surface area (Å²) in [7, 11) is -0.724. The molecule has 9 nitrogen and oxygen atoms in total. The van der Waals surface area contributed by atoms with Crippen molar-refractivity contribution in [2.45, 2.75) is 31.7 Å². The number of benzene rings is 1. The van der Waals surface area contributed by atoms with Crippen LogP contribution >= 0.6 is 0 Å². The number of amides is 1. The predicted octanol–water partition coefficient (Wildman–Crippen LogP) is 4.08. The van der Waals surface area contributed by atoms with E-state index in [1.807, 2.05) is 13.8 Å². The molecule has 172 valence electrons. The van der Waals surface area contributed by atoms with Gasteiger partial charge in [0.2, 0.25) is 10.0 Å². The number of hydrogen-bond donors (Lipinski definition) is 1. The Bertz CT molecular complexity index is 1440. The zero-order valence-corrected chi connectivity index (χ0v) is 19.8. The summed E-state index contributed by atoms with van der Waals surface area (Å²) in [6.07, 6.45) is 3.15. The van der Waals surface area contributed by atoms with E-state index in [9.17, 15) is 13.2 Å². The number of aryl methyl sites for hydroxylation is 1. The highest BCUT2D eigenvalue weighted by Crippen LogP contribution is 2.28. The number of anilines is 1. The molecule has 10 heteroatoms. The lowest BCUT2D eigenvalue weighted by molar-refractivity contribution is 0.102. The van der Waals surface area contributed by atoms with Gasteiger partial charge in [-0.05, 0) is 56.7 Å². The molecule has 0 fully saturated rings. The molecule has 0 unspecified atom stereocenters. The molecule has 4 aromatic rings. The summed E-state index contributed by atoms with van der Waals surface area (Å²) < 4.78 is 33.7. The molecule has 3 aromatic heterocycles. The highest BCUT2D eigenvalue weighted by Gasteiger charge is 2.22. The Morgan fingerprint density at radius 1 is 1.18 bits per heavy atom. The van der Waals surface area contributed by atoms with Gasteiger partial charge in [-0.2, -0.15) is 5.10 Å². The van der Waals surface area contributed by atoms with Crippen LogP contribution in [0.1, 0.15) is 35.8 Å². The maximum atomic E-state index is 13.3. The van der Waals surface area contributed by atoms with Gasteiger partial charge in [-0.25, -0.2) is 22.4 Å². The lowest BCUT2D eigenvalue weighted by atomic mass is 10.1. The molecule has 0 aliphatic rings. The molecule has 4 rings (SSSR count). The topological polar surface area (TPSA) is 110 Å². The first-order valence-corrected chi connectivity index (χ1v) is 11.8. The number of furan rings is 1. The van der Waals surface area contributed by atoms with E-state index in [1.54, 1.807) is 54.4 Å². The quantitative estimate of drug-likeness (QED) is 0.457. The standard InChI is InChI=1S/C23H25N5O4S/c1-14(2)28-22-18(13-24-28)17(12-19(26-22)20-7-6-10-32-20)23(29)25-16-9-8-15(3)21(11-16)33(30,31)27(4)5/h6-14H,1-5H3,(H,25,29). The van der Waals surface area contributed by atoms with Crippen molar-refractivity contribution in [2.24, 2.45) is 0 Å². The predicted molar refractivity (Wildman–Crippen MR) is 126 cm³/mol. The first kappa shape index (κ1) is 22.7. The summed E-state index contributed by atoms with van der Waals surface area (Å²) in [5, 5.41) is 7.81. The summed E-state index contributed by atoms with van der Waals surface area (Å²) in [6.45, 7) is 5.67. The van der Waals surface area contributed by atoms with Gasteiger partial charge in [-0.15, -0.1) is 0 Å². The summed E-state index contributed by atoms with van der Waals surface area (Å²) in [6, 6.07) is 10.0. The molecule has 0 bridgehead atoms. The van der Waals surface area contributed by atoms with Crippen molar-refractivity contribution < 1.29 is 17.6 Å². The van der Waals surface area contributed by atoms with Gasteiger partial charge in [0.15, 0.2) is 11.4 Å². The zero-order valence-electron chi connectivity index (χ0n) is 19.0. The Balaban J connectivity index is 1.79. The van der Waals surface area contributed by atoms with E-state index in [0.29, 0.717) is 39.3 Å². The molecule has 1 aromatic carbocycles. The number of nitrogens with zero attached hydrogens (tertiary/aromatic N) is 4. The Hall–Kier alpha value is -3.50. The van der Waals surface area contributed by atoms with Crippen LogP contribution in [0.25, 0.3) is 22.5 Å². The number of pyridine rings is 1. The number of hydrogen-bond acceptors (Lipinski definition) is 6. The van der Waals surface area contributed by atoms with Crippen molar-refractivity contribution in [1.29, 1.82) is 0 Å². The van der Waals surface area contributed by atoms with Gasteiger partial charge >= 0.3 is 0 Å². The van der Waals surface area contributed by atoms with Crippen LogP contribution < -0.4 is 5.32 Å². The number of rotatable bonds is 6. The molecule has 1 N–H and O–H groups in total. The van der Waals surface area contributed by atoms with Gasteiger partial charge in [0.25, 0.3) is 5.91 Å². The molecular weight excluding hydrogens is 442 g/mol. The van der Waals surface area contributed by atoms with E-state index in [4.69, 9.17) is 4.42 Å². The second-order valence-electron chi connectivity index (χ2n) is 8.17. The molecule has 0 saturated carbocycles. The summed E-state index contributed by atoms with van der Waals surface area (Å²) in [5.41, 5.74) is 2.37. The van der Waals surface area contributed by atoms with E-state index in [1.165, 1.54) is 20.2 Å². The van der Waals surface area contributed by atoms with Crippen molar-refractivity contribution in [3.05, 3.63) is 60.0 Å². The third-order valence-electron chi connectivity index (χ3n) is 5.28. The number of aromatic nitrogens is 3. The van der Waals surface area contributed by atoms with E-state index in [2.05, 4.69) is 15.4 Å². The van der Waals surface area contributed by atoms with Gasteiger partial charge in [0, 0.05) is 25.8 Å². The number of carbonyl (C=O) groups excluding carboxylic acids is 1. The summed E-state index contributed by atoms with van der Waals surface area (Å²) in [4.78, 5) is 18.1. The smallest absolute Gasteiger partial charge is 0.256 e. The monoisotopic (exact) mass is 467 g/mol. The third kappa shape index (κ3) is 4.14. The minimum Gasteiger partial charge on any atom is -0.463 e. The molecule has 33 heavy (non-hydrogen) atoms. The van der Waals surface area contributed by atoms with Crippen molar-refractivity contribution in [3.8, 4) is 11.5 Å². The maximum Gasteiger partial charge on any atom is 0.256 e. The first-order valence-electron chi connectivity index (χ1n) is 10.4. The van der Waals surface area contributed by atoms with Crippen molar-refractivity contribution in [3.63, 3.8) is 0 Å². The SMILES string of the molecule is Cc1ccc(NC(=O)c2cc(-c3ccco3)nc3c2cnn3C(C)C)cc1S(=O)(=O)N(C)C. The second-order valence-corrected chi connectivity index (χ2v) is 10.3. The zero-order chi connectivity index (χ0) is 23.9. The largest absolute Gasteiger partial charge is 0.463 e. The first-order chi connectivity index (χ1) is 15.6. The molecule has 0 saturated heterocycles. The van der Waals surface area contributed by atoms with Crippen LogP contribution in [0.5, 0.6) is 0 Å². The van der Waals surface area contributed by atoms with Crippen LogP contribution in [-0.4, -0.2) is 47.5 Å². The molecule has 0 spiro atoms. The maximum absolute atomic E-state index is 13.3. The fourth-order valence-corrected chi connectivity index (χ4v) is 4.63. The molecular formula is C23H25N5O4S. The lowest BCUT2D eigenvalue weighted by Crippen LogP contribution is -2.23. The highest BCUT2D eigenvalue weighted by atomic mass is 32.2. The number of fused-ring (bicyclic) bond motifs is 1. The molecule has 0 aliphatic heterocycles. The Labute approximate surface area is 192 Å². The van der Waals surface area contributed by atoms with Gasteiger partial charge in [-0.3, -0.25) is 4.79 Å². The van der Waals surface area contributed by atoms with E-state index in [-0.39, 0.29) is 10.9 Å². The van der Waals surface area contributed by atoms with E-state index in [0.717, 1.165) is 4.31 Å². The molecule has 0 radical (unpaired) electrons. The van der Waals surface area contributed by atoms with Crippen LogP contribution in [-0.2, 0) is 10.0 Å². The number of sulfonamides is 1. The van der Waals surface area contributed by atoms with E-state index < -0.39 is 15.9 Å². The molecule has 0 aliphatic carbocycles. The second kappa shape index (κ2) is 8.45. The molecule has 0 atom stereocenters. The fraction of sp³-hybridized carbons (Fsp3) is 0.261. The lowest BCUT2D eigenvalue weighted by Gasteiger charge is -2.15. The van der Waals surface area contributed by atoms with Gasteiger partial charge in [0.1, 0.15) is 5.69 Å². The average molecular weight is 468 g/mol. The molecule has 1 amide bonds.